The monoisotopic (exact) mass is 275 g/mol. The Morgan fingerprint density at radius 1 is 1.22 bits per heavy atom. The first kappa shape index (κ1) is 14.6. The van der Waals surface area contributed by atoms with Crippen LogP contribution in [0.25, 0.3) is 0 Å². The molecule has 6 nitrogen and oxygen atoms in total. The average molecular weight is 275 g/mol. The van der Waals surface area contributed by atoms with Crippen LogP contribution in [0.2, 0.25) is 0 Å². The summed E-state index contributed by atoms with van der Waals surface area (Å²) in [5.41, 5.74) is 0.380. The lowest BCUT2D eigenvalue weighted by molar-refractivity contribution is 0.363. The lowest BCUT2D eigenvalue weighted by atomic mass is 10.1. The molecule has 0 bridgehead atoms. The van der Waals surface area contributed by atoms with Gasteiger partial charge >= 0.3 is 0 Å². The molecule has 1 unspecified atom stereocenters. The Balaban J connectivity index is 2.67. The molecule has 1 aromatic rings. The van der Waals surface area contributed by atoms with Crippen LogP contribution in [0, 0.1) is 0 Å². The fourth-order valence-electron chi connectivity index (χ4n) is 1.55. The molecule has 7 heteroatoms. The molecule has 0 heterocycles. The van der Waals surface area contributed by atoms with Gasteiger partial charge in [0.1, 0.15) is 9.84 Å². The van der Waals surface area contributed by atoms with Crippen molar-refractivity contribution in [2.24, 2.45) is 0 Å². The maximum Gasteiger partial charge on any atom is 0.200 e. The van der Waals surface area contributed by atoms with Crippen LogP contribution in [0.4, 0.5) is 0 Å². The molecule has 1 atom stereocenters. The van der Waals surface area contributed by atoms with Gasteiger partial charge in [0.15, 0.2) is 11.5 Å². The third-order valence-electron chi connectivity index (χ3n) is 2.41. The van der Waals surface area contributed by atoms with Crippen LogP contribution >= 0.6 is 0 Å². The number of phenols is 3. The Hall–Kier alpha value is -1.47. The number of benzene rings is 1. The fraction of sp³-hybridized carbons (Fsp3) is 0.455. The highest BCUT2D eigenvalue weighted by atomic mass is 32.2. The summed E-state index contributed by atoms with van der Waals surface area (Å²) < 4.78 is 22.1. The Bertz CT molecular complexity index is 526. The lowest BCUT2D eigenvalue weighted by Crippen LogP contribution is -2.32. The maximum absolute atomic E-state index is 11.1. The van der Waals surface area contributed by atoms with E-state index in [1.165, 1.54) is 12.1 Å². The maximum atomic E-state index is 11.1. The molecule has 0 fully saturated rings. The largest absolute Gasteiger partial charge is 0.504 e. The van der Waals surface area contributed by atoms with Crippen molar-refractivity contribution in [1.82, 2.24) is 5.32 Å². The highest BCUT2D eigenvalue weighted by Crippen LogP contribution is 2.36. The fourth-order valence-corrected chi connectivity index (χ4v) is 2.58. The van der Waals surface area contributed by atoms with E-state index in [4.69, 9.17) is 5.11 Å². The molecule has 0 amide bonds. The quantitative estimate of drug-likeness (QED) is 0.577. The number of sulfone groups is 1. The summed E-state index contributed by atoms with van der Waals surface area (Å²) in [6.07, 6.45) is 1.15. The van der Waals surface area contributed by atoms with Gasteiger partial charge in [-0.3, -0.25) is 0 Å². The topological polar surface area (TPSA) is 107 Å². The van der Waals surface area contributed by atoms with Crippen LogP contribution in [-0.4, -0.2) is 41.8 Å². The van der Waals surface area contributed by atoms with Crippen molar-refractivity contribution in [2.75, 3.05) is 12.0 Å². The number of rotatable bonds is 5. The second kappa shape index (κ2) is 5.45. The molecule has 1 rings (SSSR count). The van der Waals surface area contributed by atoms with Crippen LogP contribution in [0.1, 0.15) is 12.5 Å². The van der Waals surface area contributed by atoms with Gasteiger partial charge in [-0.05, 0) is 13.0 Å². The highest BCUT2D eigenvalue weighted by molar-refractivity contribution is 7.90. The Morgan fingerprint density at radius 2 is 1.83 bits per heavy atom. The summed E-state index contributed by atoms with van der Waals surface area (Å²) in [6, 6.07) is 2.42. The van der Waals surface area contributed by atoms with E-state index in [0.717, 1.165) is 6.26 Å². The first-order valence-corrected chi connectivity index (χ1v) is 7.40. The van der Waals surface area contributed by atoms with Gasteiger partial charge in [0.25, 0.3) is 0 Å². The Morgan fingerprint density at radius 3 is 2.39 bits per heavy atom. The van der Waals surface area contributed by atoms with Crippen molar-refractivity contribution in [3.05, 3.63) is 17.7 Å². The van der Waals surface area contributed by atoms with Gasteiger partial charge in [-0.1, -0.05) is 6.07 Å². The SMILES string of the molecule is CC(CS(C)(=O)=O)NCc1ccc(O)c(O)c1O. The molecule has 18 heavy (non-hydrogen) atoms. The summed E-state index contributed by atoms with van der Waals surface area (Å²) in [5.74, 6) is -1.41. The summed E-state index contributed by atoms with van der Waals surface area (Å²) in [5, 5.41) is 30.9. The molecule has 0 aromatic heterocycles. The van der Waals surface area contributed by atoms with Crippen LogP contribution in [-0.2, 0) is 16.4 Å². The van der Waals surface area contributed by atoms with Crippen molar-refractivity contribution in [1.29, 1.82) is 0 Å². The second-order valence-electron chi connectivity index (χ2n) is 4.32. The highest BCUT2D eigenvalue weighted by Gasteiger charge is 2.13. The predicted octanol–water partition coefficient (Wildman–Crippen LogP) is 0.326. The van der Waals surface area contributed by atoms with Gasteiger partial charge in [-0.25, -0.2) is 8.42 Å². The Labute approximate surface area is 106 Å². The molecule has 0 aliphatic carbocycles. The summed E-state index contributed by atoms with van der Waals surface area (Å²) >= 11 is 0. The van der Waals surface area contributed by atoms with Crippen LogP contribution in [0.15, 0.2) is 12.1 Å². The van der Waals surface area contributed by atoms with Gasteiger partial charge in [-0.15, -0.1) is 0 Å². The molecule has 102 valence electrons. The van der Waals surface area contributed by atoms with Crippen LogP contribution in [0.5, 0.6) is 17.2 Å². The molecule has 0 saturated heterocycles. The molecule has 0 saturated carbocycles. The molecular formula is C11H17NO5S. The van der Waals surface area contributed by atoms with E-state index in [0.29, 0.717) is 5.56 Å². The van der Waals surface area contributed by atoms with E-state index in [1.807, 2.05) is 0 Å². The molecule has 0 radical (unpaired) electrons. The zero-order valence-electron chi connectivity index (χ0n) is 10.2. The van der Waals surface area contributed by atoms with Crippen LogP contribution < -0.4 is 5.32 Å². The van der Waals surface area contributed by atoms with Gasteiger partial charge < -0.3 is 20.6 Å². The van der Waals surface area contributed by atoms with Crippen molar-refractivity contribution in [2.45, 2.75) is 19.5 Å². The van der Waals surface area contributed by atoms with Crippen LogP contribution in [0.3, 0.4) is 0 Å². The lowest BCUT2D eigenvalue weighted by Gasteiger charge is -2.14. The van der Waals surface area contributed by atoms with Gasteiger partial charge in [-0.2, -0.15) is 0 Å². The predicted molar refractivity (Wildman–Crippen MR) is 67.4 cm³/mol. The molecular weight excluding hydrogens is 258 g/mol. The number of aromatic hydroxyl groups is 3. The third kappa shape index (κ3) is 4.08. The van der Waals surface area contributed by atoms with E-state index in [2.05, 4.69) is 5.32 Å². The van der Waals surface area contributed by atoms with Crippen molar-refractivity contribution < 1.29 is 23.7 Å². The first-order chi connectivity index (χ1) is 8.20. The van der Waals surface area contributed by atoms with E-state index < -0.39 is 27.1 Å². The van der Waals surface area contributed by atoms with E-state index in [9.17, 15) is 18.6 Å². The molecule has 1 aromatic carbocycles. The standard InChI is InChI=1S/C11H17NO5S/c1-7(6-18(2,16)17)12-5-8-3-4-9(13)11(15)10(8)14/h3-4,7,12-15H,5-6H2,1-2H3. The third-order valence-corrected chi connectivity index (χ3v) is 3.51. The van der Waals surface area contributed by atoms with E-state index in [1.54, 1.807) is 6.92 Å². The number of hydrogen-bond donors (Lipinski definition) is 4. The average Bonchev–Trinajstić information content (AvgIpc) is 2.22. The minimum Gasteiger partial charge on any atom is -0.504 e. The molecule has 0 aliphatic rings. The van der Waals surface area contributed by atoms with E-state index >= 15 is 0 Å². The van der Waals surface area contributed by atoms with Gasteiger partial charge in [0, 0.05) is 24.4 Å². The minimum absolute atomic E-state index is 0.0160. The zero-order valence-corrected chi connectivity index (χ0v) is 11.0. The van der Waals surface area contributed by atoms with Crippen molar-refractivity contribution in [3.8, 4) is 17.2 Å². The van der Waals surface area contributed by atoms with Crippen molar-refractivity contribution in [3.63, 3.8) is 0 Å². The molecule has 0 spiro atoms. The number of phenolic OH excluding ortho intramolecular Hbond substituents is 3. The zero-order chi connectivity index (χ0) is 13.9. The minimum atomic E-state index is -3.07. The number of hydrogen-bond acceptors (Lipinski definition) is 6. The summed E-state index contributed by atoms with van der Waals surface area (Å²) in [6.45, 7) is 1.90. The second-order valence-corrected chi connectivity index (χ2v) is 6.50. The van der Waals surface area contributed by atoms with Crippen molar-refractivity contribution >= 4 is 9.84 Å². The normalized spacial score (nSPS) is 13.4. The molecule has 0 aliphatic heterocycles. The Kier molecular flexibility index (Phi) is 4.42. The first-order valence-electron chi connectivity index (χ1n) is 5.34. The van der Waals surface area contributed by atoms with Gasteiger partial charge in [0.2, 0.25) is 5.75 Å². The smallest absolute Gasteiger partial charge is 0.200 e. The van der Waals surface area contributed by atoms with Gasteiger partial charge in [0.05, 0.1) is 5.75 Å². The number of nitrogens with one attached hydrogen (secondary N) is 1. The van der Waals surface area contributed by atoms with E-state index in [-0.39, 0.29) is 18.3 Å². The summed E-state index contributed by atoms with van der Waals surface area (Å²) in [7, 11) is -3.07. The summed E-state index contributed by atoms with van der Waals surface area (Å²) in [4.78, 5) is 0. The molecule has 4 N–H and O–H groups in total.